The first-order valence-corrected chi connectivity index (χ1v) is 8.77. The molecule has 0 spiro atoms. The van der Waals surface area contributed by atoms with Gasteiger partial charge in [-0.3, -0.25) is 0 Å². The fraction of sp³-hybridized carbons (Fsp3) is 0.130. The lowest BCUT2D eigenvalue weighted by Gasteiger charge is -2.39. The van der Waals surface area contributed by atoms with Gasteiger partial charge in [0.05, 0.1) is 7.17 Å². The fourth-order valence-corrected chi connectivity index (χ4v) is 4.68. The van der Waals surface area contributed by atoms with E-state index in [-0.39, 0.29) is 5.31 Å². The van der Waals surface area contributed by atoms with Crippen LogP contribution in [0.5, 0.6) is 0 Å². The summed E-state index contributed by atoms with van der Waals surface area (Å²) in [6.45, 7) is 4.48. The molecule has 0 aliphatic heterocycles. The van der Waals surface area contributed by atoms with E-state index in [0.29, 0.717) is 0 Å². The van der Waals surface area contributed by atoms with Crippen molar-refractivity contribution in [1.82, 2.24) is 0 Å². The van der Waals surface area contributed by atoms with Crippen molar-refractivity contribution >= 4 is 36.5 Å². The molecule has 4 aromatic rings. The van der Waals surface area contributed by atoms with Gasteiger partial charge >= 0.3 is 0 Å². The molecule has 2 heteroatoms. The number of hydrogen-bond donors (Lipinski definition) is 0. The van der Waals surface area contributed by atoms with Crippen molar-refractivity contribution in [2.45, 2.75) is 19.2 Å². The summed E-state index contributed by atoms with van der Waals surface area (Å²) < 4.78 is 0. The summed E-state index contributed by atoms with van der Waals surface area (Å²) >= 11 is 0. The van der Waals surface area contributed by atoms with E-state index < -0.39 is 0 Å². The standard InChI is InChI=1S/C23H17B2/c1-14-15-8-3-4-10-19(15)22-21-16(14)11-7-12-18(21)17-9-5-6-13-20(17)23(22,2)25-24/h3-13H,1-2H3. The lowest BCUT2D eigenvalue weighted by Crippen LogP contribution is -2.34. The van der Waals surface area contributed by atoms with Crippen LogP contribution < -0.4 is 0 Å². The highest BCUT2D eigenvalue weighted by atomic mass is 14.3. The van der Waals surface area contributed by atoms with Crippen molar-refractivity contribution in [3.63, 3.8) is 0 Å². The Bertz CT molecular complexity index is 1160. The van der Waals surface area contributed by atoms with Crippen LogP contribution in [0, 0.1) is 6.92 Å². The highest BCUT2D eigenvalue weighted by molar-refractivity contribution is 6.91. The number of hydrogen-bond acceptors (Lipinski definition) is 0. The molecule has 1 atom stereocenters. The van der Waals surface area contributed by atoms with Crippen molar-refractivity contribution in [2.75, 3.05) is 0 Å². The summed E-state index contributed by atoms with van der Waals surface area (Å²) in [5, 5.41) is 4.99. The molecule has 25 heavy (non-hydrogen) atoms. The third kappa shape index (κ3) is 1.75. The fourth-order valence-electron chi connectivity index (χ4n) is 4.68. The molecule has 0 saturated heterocycles. The first kappa shape index (κ1) is 14.8. The SMILES string of the molecule is [B][B]C1(C)c2ccccc2-c2cccc3c(C)c4ccccc4c1c23. The van der Waals surface area contributed by atoms with Crippen LogP contribution in [0.3, 0.4) is 0 Å². The summed E-state index contributed by atoms with van der Waals surface area (Å²) in [4.78, 5) is 0. The third-order valence-electron chi connectivity index (χ3n) is 5.95. The maximum absolute atomic E-state index is 6.29. The van der Waals surface area contributed by atoms with E-state index in [1.165, 1.54) is 49.4 Å². The summed E-state index contributed by atoms with van der Waals surface area (Å²) in [6, 6.07) is 24.1. The average molecular weight is 315 g/mol. The van der Waals surface area contributed by atoms with Crippen LogP contribution in [0.2, 0.25) is 0 Å². The first-order chi connectivity index (χ1) is 12.2. The number of rotatable bonds is 1. The third-order valence-corrected chi connectivity index (χ3v) is 5.95. The Balaban J connectivity index is 2.14. The number of fused-ring (bicyclic) bond motifs is 4. The predicted octanol–water partition coefficient (Wildman–Crippen LogP) is 5.33. The van der Waals surface area contributed by atoms with Crippen LogP contribution in [0.1, 0.15) is 23.6 Å². The zero-order valence-electron chi connectivity index (χ0n) is 14.5. The van der Waals surface area contributed by atoms with E-state index in [4.69, 9.17) is 7.74 Å². The number of benzene rings is 4. The molecular weight excluding hydrogens is 298 g/mol. The van der Waals surface area contributed by atoms with Gasteiger partial charge in [-0.1, -0.05) is 73.7 Å². The van der Waals surface area contributed by atoms with E-state index in [9.17, 15) is 0 Å². The molecule has 1 aliphatic carbocycles. The molecular formula is C23H17B2. The molecule has 1 aliphatic rings. The number of aryl methyl sites for hydroxylation is 1. The minimum atomic E-state index is -0.309. The van der Waals surface area contributed by atoms with Gasteiger partial charge in [-0.15, -0.1) is 0 Å². The Morgan fingerprint density at radius 3 is 2.20 bits per heavy atom. The molecule has 0 saturated carbocycles. The second-order valence-electron chi connectivity index (χ2n) is 7.19. The van der Waals surface area contributed by atoms with Crippen LogP contribution in [-0.2, 0) is 5.31 Å². The van der Waals surface area contributed by atoms with Gasteiger partial charge in [0.25, 0.3) is 0 Å². The van der Waals surface area contributed by atoms with E-state index in [1.54, 1.807) is 0 Å². The highest BCUT2D eigenvalue weighted by Gasteiger charge is 2.37. The Morgan fingerprint density at radius 2 is 1.40 bits per heavy atom. The van der Waals surface area contributed by atoms with Gasteiger partial charge in [0.15, 0.2) is 0 Å². The lowest BCUT2D eigenvalue weighted by molar-refractivity contribution is 0.830. The van der Waals surface area contributed by atoms with Crippen LogP contribution in [0.15, 0.2) is 66.7 Å². The Morgan fingerprint density at radius 1 is 0.760 bits per heavy atom. The molecule has 0 nitrogen and oxygen atoms in total. The van der Waals surface area contributed by atoms with Gasteiger partial charge in [0.2, 0.25) is 0 Å². The zero-order chi connectivity index (χ0) is 17.2. The van der Waals surface area contributed by atoms with Crippen molar-refractivity contribution < 1.29 is 0 Å². The van der Waals surface area contributed by atoms with Crippen molar-refractivity contribution in [2.24, 2.45) is 0 Å². The zero-order valence-corrected chi connectivity index (χ0v) is 14.5. The molecule has 3 radical (unpaired) electrons. The molecule has 5 rings (SSSR count). The second-order valence-corrected chi connectivity index (χ2v) is 7.19. The van der Waals surface area contributed by atoms with Gasteiger partial charge in [-0.25, -0.2) is 0 Å². The minimum Gasteiger partial charge on any atom is -0.0619 e. The van der Waals surface area contributed by atoms with Crippen molar-refractivity contribution in [3.8, 4) is 11.1 Å². The maximum Gasteiger partial charge on any atom is 0.0747 e. The lowest BCUT2D eigenvalue weighted by atomic mass is 9.34. The summed E-state index contributed by atoms with van der Waals surface area (Å²) in [7, 11) is 8.16. The second kappa shape index (κ2) is 5.02. The molecule has 0 heterocycles. The summed E-state index contributed by atoms with van der Waals surface area (Å²) in [6.07, 6.45) is 0. The van der Waals surface area contributed by atoms with E-state index >= 15 is 0 Å². The van der Waals surface area contributed by atoms with E-state index in [0.717, 1.165) is 0 Å². The monoisotopic (exact) mass is 315 g/mol. The minimum absolute atomic E-state index is 0.309. The average Bonchev–Trinajstić information content (AvgIpc) is 2.67. The molecule has 0 N–H and O–H groups in total. The molecule has 0 amide bonds. The topological polar surface area (TPSA) is 0 Å². The van der Waals surface area contributed by atoms with Gasteiger partial charge in [0, 0.05) is 7.74 Å². The normalized spacial score (nSPS) is 18.3. The van der Waals surface area contributed by atoms with Gasteiger partial charge in [0.1, 0.15) is 0 Å². The Hall–Kier alpha value is -2.47. The molecule has 0 fully saturated rings. The molecule has 0 bridgehead atoms. The van der Waals surface area contributed by atoms with Crippen LogP contribution in [-0.4, -0.2) is 14.9 Å². The Kier molecular flexibility index (Phi) is 2.98. The highest BCUT2D eigenvalue weighted by Crippen LogP contribution is 2.51. The van der Waals surface area contributed by atoms with Gasteiger partial charge in [-0.2, -0.15) is 0 Å². The Labute approximate surface area is 150 Å². The van der Waals surface area contributed by atoms with Crippen molar-refractivity contribution in [1.29, 1.82) is 0 Å². The molecule has 0 aromatic heterocycles. The van der Waals surface area contributed by atoms with Crippen LogP contribution in [0.25, 0.3) is 32.7 Å². The first-order valence-electron chi connectivity index (χ1n) is 8.77. The van der Waals surface area contributed by atoms with Crippen LogP contribution >= 0.6 is 0 Å². The molecule has 115 valence electrons. The predicted molar refractivity (Wildman–Crippen MR) is 110 cm³/mol. The van der Waals surface area contributed by atoms with E-state index in [2.05, 4.69) is 80.6 Å². The maximum atomic E-state index is 6.29. The van der Waals surface area contributed by atoms with Gasteiger partial charge < -0.3 is 0 Å². The summed E-state index contributed by atoms with van der Waals surface area (Å²) in [5.74, 6) is 0. The van der Waals surface area contributed by atoms with Gasteiger partial charge in [-0.05, 0) is 61.6 Å². The summed E-state index contributed by atoms with van der Waals surface area (Å²) in [5.41, 5.74) is 6.57. The van der Waals surface area contributed by atoms with Crippen LogP contribution in [0.4, 0.5) is 0 Å². The molecule has 1 unspecified atom stereocenters. The smallest absolute Gasteiger partial charge is 0.0619 e. The largest absolute Gasteiger partial charge is 0.0747 e. The molecule has 4 aromatic carbocycles. The van der Waals surface area contributed by atoms with E-state index in [1.807, 2.05) is 7.17 Å². The van der Waals surface area contributed by atoms with Crippen molar-refractivity contribution in [3.05, 3.63) is 83.4 Å². The quantitative estimate of drug-likeness (QED) is 0.329.